The standard InChI is InChI=1S/C18H23N5O/c1-21-13-23(11-15-6-3-2-5-14(15)10-19)17(9-18(21)24)22-8-4-7-16(20)12-22/h2-3,5-6,9,16H,4,7-8,11-13,20H2,1H3. The molecule has 6 heteroatoms. The highest BCUT2D eigenvalue weighted by atomic mass is 16.2. The lowest BCUT2D eigenvalue weighted by Gasteiger charge is -2.43. The first-order chi connectivity index (χ1) is 11.6. The molecule has 0 aromatic heterocycles. The predicted molar refractivity (Wildman–Crippen MR) is 91.2 cm³/mol. The Hall–Kier alpha value is -2.52. The Labute approximate surface area is 142 Å². The first-order valence-corrected chi connectivity index (χ1v) is 8.28. The summed E-state index contributed by atoms with van der Waals surface area (Å²) in [6, 6.07) is 9.99. The number of amides is 1. The largest absolute Gasteiger partial charge is 0.357 e. The van der Waals surface area contributed by atoms with Crippen molar-refractivity contribution in [1.82, 2.24) is 14.7 Å². The van der Waals surface area contributed by atoms with Gasteiger partial charge >= 0.3 is 0 Å². The van der Waals surface area contributed by atoms with E-state index in [-0.39, 0.29) is 11.9 Å². The van der Waals surface area contributed by atoms with Crippen LogP contribution in [0.3, 0.4) is 0 Å². The summed E-state index contributed by atoms with van der Waals surface area (Å²) in [6.07, 6.45) is 3.75. The molecule has 24 heavy (non-hydrogen) atoms. The summed E-state index contributed by atoms with van der Waals surface area (Å²) in [7, 11) is 1.79. The average molecular weight is 325 g/mol. The number of benzene rings is 1. The van der Waals surface area contributed by atoms with Gasteiger partial charge in [-0.2, -0.15) is 5.26 Å². The number of nitriles is 1. The van der Waals surface area contributed by atoms with Gasteiger partial charge in [-0.1, -0.05) is 18.2 Å². The number of carbonyl (C=O) groups is 1. The molecule has 2 heterocycles. The molecule has 2 aliphatic rings. The molecular weight excluding hydrogens is 302 g/mol. The maximum Gasteiger partial charge on any atom is 0.251 e. The molecule has 1 amide bonds. The van der Waals surface area contributed by atoms with Gasteiger partial charge in [-0.3, -0.25) is 4.79 Å². The van der Waals surface area contributed by atoms with Crippen LogP contribution >= 0.6 is 0 Å². The van der Waals surface area contributed by atoms with Crippen molar-refractivity contribution in [3.05, 3.63) is 47.3 Å². The van der Waals surface area contributed by atoms with E-state index in [1.807, 2.05) is 24.3 Å². The molecule has 0 spiro atoms. The molecule has 2 N–H and O–H groups in total. The van der Waals surface area contributed by atoms with Crippen molar-refractivity contribution >= 4 is 5.91 Å². The highest BCUT2D eigenvalue weighted by molar-refractivity contribution is 5.88. The third-order valence-corrected chi connectivity index (χ3v) is 4.62. The van der Waals surface area contributed by atoms with Crippen LogP contribution in [0.4, 0.5) is 0 Å². The number of rotatable bonds is 3. The molecule has 1 aromatic carbocycles. The summed E-state index contributed by atoms with van der Waals surface area (Å²) in [4.78, 5) is 18.2. The minimum absolute atomic E-state index is 0.00830. The maximum absolute atomic E-state index is 12.2. The van der Waals surface area contributed by atoms with Gasteiger partial charge in [-0.15, -0.1) is 0 Å². The van der Waals surface area contributed by atoms with Crippen LogP contribution in [0, 0.1) is 11.3 Å². The second kappa shape index (κ2) is 6.93. The topological polar surface area (TPSA) is 76.6 Å². The van der Waals surface area contributed by atoms with Crippen LogP contribution < -0.4 is 5.73 Å². The van der Waals surface area contributed by atoms with Crippen LogP contribution in [0.1, 0.15) is 24.0 Å². The van der Waals surface area contributed by atoms with E-state index in [2.05, 4.69) is 15.9 Å². The fraction of sp³-hybridized carbons (Fsp3) is 0.444. The number of piperidine rings is 1. The number of likely N-dealkylation sites (tertiary alicyclic amines) is 1. The summed E-state index contributed by atoms with van der Waals surface area (Å²) in [5.41, 5.74) is 7.75. The van der Waals surface area contributed by atoms with Crippen LogP contribution in [-0.2, 0) is 11.3 Å². The lowest BCUT2D eigenvalue weighted by molar-refractivity contribution is -0.128. The molecule has 0 saturated carbocycles. The normalized spacial score (nSPS) is 21.5. The molecule has 1 aromatic rings. The summed E-state index contributed by atoms with van der Waals surface area (Å²) in [5, 5.41) is 9.32. The van der Waals surface area contributed by atoms with Gasteiger partial charge in [0.05, 0.1) is 18.3 Å². The molecule has 1 atom stereocenters. The number of hydrogen-bond acceptors (Lipinski definition) is 5. The third kappa shape index (κ3) is 3.36. The molecule has 1 fully saturated rings. The van der Waals surface area contributed by atoms with E-state index in [0.29, 0.717) is 18.8 Å². The Bertz CT molecular complexity index is 693. The number of hydrogen-bond donors (Lipinski definition) is 1. The molecule has 2 aliphatic heterocycles. The van der Waals surface area contributed by atoms with Gasteiger partial charge in [0.1, 0.15) is 5.82 Å². The summed E-state index contributed by atoms with van der Waals surface area (Å²) < 4.78 is 0. The van der Waals surface area contributed by atoms with Crippen molar-refractivity contribution in [3.63, 3.8) is 0 Å². The number of carbonyl (C=O) groups excluding carboxylic acids is 1. The van der Waals surface area contributed by atoms with Crippen molar-refractivity contribution in [3.8, 4) is 6.07 Å². The van der Waals surface area contributed by atoms with Crippen molar-refractivity contribution in [1.29, 1.82) is 5.26 Å². The Morgan fingerprint density at radius 2 is 2.17 bits per heavy atom. The quantitative estimate of drug-likeness (QED) is 0.899. The predicted octanol–water partition coefficient (Wildman–Crippen LogP) is 1.05. The second-order valence-corrected chi connectivity index (χ2v) is 6.50. The van der Waals surface area contributed by atoms with Crippen LogP contribution in [0.2, 0.25) is 0 Å². The van der Waals surface area contributed by atoms with Crippen molar-refractivity contribution in [2.75, 3.05) is 26.8 Å². The first kappa shape index (κ1) is 16.3. The average Bonchev–Trinajstić information content (AvgIpc) is 2.58. The van der Waals surface area contributed by atoms with E-state index in [1.165, 1.54) is 0 Å². The molecule has 0 bridgehead atoms. The summed E-state index contributed by atoms with van der Waals surface area (Å²) in [5.74, 6) is 0.926. The summed E-state index contributed by atoms with van der Waals surface area (Å²) >= 11 is 0. The SMILES string of the molecule is CN1CN(Cc2ccccc2C#N)C(N2CCCC(N)C2)=CC1=O. The van der Waals surface area contributed by atoms with E-state index in [1.54, 1.807) is 18.0 Å². The van der Waals surface area contributed by atoms with Crippen LogP contribution in [0.25, 0.3) is 0 Å². The van der Waals surface area contributed by atoms with E-state index >= 15 is 0 Å². The molecule has 0 radical (unpaired) electrons. The van der Waals surface area contributed by atoms with E-state index < -0.39 is 0 Å². The number of nitrogens with two attached hydrogens (primary N) is 1. The molecule has 1 unspecified atom stereocenters. The number of nitrogens with zero attached hydrogens (tertiary/aromatic N) is 4. The Morgan fingerprint density at radius 1 is 1.38 bits per heavy atom. The van der Waals surface area contributed by atoms with E-state index in [0.717, 1.165) is 37.3 Å². The molecule has 0 aliphatic carbocycles. The Kier molecular flexibility index (Phi) is 4.72. The van der Waals surface area contributed by atoms with Gasteiger partial charge in [0, 0.05) is 38.8 Å². The van der Waals surface area contributed by atoms with Crippen LogP contribution in [-0.4, -0.2) is 53.5 Å². The zero-order valence-corrected chi connectivity index (χ0v) is 14.0. The minimum Gasteiger partial charge on any atom is -0.357 e. The van der Waals surface area contributed by atoms with Gasteiger partial charge in [-0.25, -0.2) is 0 Å². The van der Waals surface area contributed by atoms with Crippen LogP contribution in [0.15, 0.2) is 36.2 Å². The molecule has 126 valence electrons. The third-order valence-electron chi connectivity index (χ3n) is 4.62. The van der Waals surface area contributed by atoms with Gasteiger partial charge in [-0.05, 0) is 24.5 Å². The summed E-state index contributed by atoms with van der Waals surface area (Å²) in [6.45, 7) is 2.78. The fourth-order valence-electron chi connectivity index (χ4n) is 3.32. The molecular formula is C18H23N5O. The maximum atomic E-state index is 12.2. The lowest BCUT2D eigenvalue weighted by atomic mass is 10.1. The number of likely N-dealkylation sites (N-methyl/N-ethyl adjacent to an activating group) is 1. The van der Waals surface area contributed by atoms with Crippen molar-refractivity contribution < 1.29 is 4.79 Å². The Balaban J connectivity index is 1.87. The van der Waals surface area contributed by atoms with Gasteiger partial charge in [0.2, 0.25) is 0 Å². The molecule has 1 saturated heterocycles. The van der Waals surface area contributed by atoms with E-state index in [4.69, 9.17) is 5.73 Å². The van der Waals surface area contributed by atoms with Gasteiger partial charge in [0.15, 0.2) is 0 Å². The zero-order chi connectivity index (χ0) is 17.1. The van der Waals surface area contributed by atoms with Gasteiger partial charge in [0.25, 0.3) is 5.91 Å². The van der Waals surface area contributed by atoms with E-state index in [9.17, 15) is 10.1 Å². The fourth-order valence-corrected chi connectivity index (χ4v) is 3.32. The first-order valence-electron chi connectivity index (χ1n) is 8.28. The van der Waals surface area contributed by atoms with Crippen molar-refractivity contribution in [2.45, 2.75) is 25.4 Å². The smallest absolute Gasteiger partial charge is 0.251 e. The van der Waals surface area contributed by atoms with Gasteiger partial charge < -0.3 is 20.4 Å². The van der Waals surface area contributed by atoms with Crippen LogP contribution in [0.5, 0.6) is 0 Å². The molecule has 3 rings (SSSR count). The van der Waals surface area contributed by atoms with Crippen molar-refractivity contribution in [2.24, 2.45) is 5.73 Å². The second-order valence-electron chi connectivity index (χ2n) is 6.50. The monoisotopic (exact) mass is 325 g/mol. The Morgan fingerprint density at radius 3 is 2.92 bits per heavy atom. The highest BCUT2D eigenvalue weighted by Gasteiger charge is 2.28. The lowest BCUT2D eigenvalue weighted by Crippen LogP contribution is -2.51. The minimum atomic E-state index is 0.00830. The zero-order valence-electron chi connectivity index (χ0n) is 14.0. The highest BCUT2D eigenvalue weighted by Crippen LogP contribution is 2.24. The molecule has 6 nitrogen and oxygen atoms in total.